The molecule has 4 nitrogen and oxygen atoms in total. The lowest BCUT2D eigenvalue weighted by Gasteiger charge is -2.14. The first-order valence-corrected chi connectivity index (χ1v) is 9.30. The van der Waals surface area contributed by atoms with Gasteiger partial charge in [0.25, 0.3) is 0 Å². The zero-order valence-electron chi connectivity index (χ0n) is 15.8. The molecule has 2 N–H and O–H groups in total. The first-order valence-electron chi connectivity index (χ1n) is 9.30. The molecule has 30 heavy (non-hydrogen) atoms. The highest BCUT2D eigenvalue weighted by Gasteiger charge is 2.28. The van der Waals surface area contributed by atoms with Gasteiger partial charge in [-0.15, -0.1) is 0 Å². The number of halogens is 2. The Morgan fingerprint density at radius 3 is 2.17 bits per heavy atom. The van der Waals surface area contributed by atoms with Crippen LogP contribution in [0.2, 0.25) is 0 Å². The number of aromatic hydroxyl groups is 1. The van der Waals surface area contributed by atoms with Crippen LogP contribution in [0.5, 0.6) is 5.75 Å². The molecule has 0 atom stereocenters. The minimum Gasteiger partial charge on any atom is -0.503 e. The Labute approximate surface area is 172 Å². The van der Waals surface area contributed by atoms with Crippen LogP contribution in [-0.4, -0.2) is 24.4 Å². The zero-order chi connectivity index (χ0) is 21.1. The second kappa shape index (κ2) is 8.26. The van der Waals surface area contributed by atoms with Crippen LogP contribution in [0.1, 0.15) is 22.6 Å². The van der Waals surface area contributed by atoms with Gasteiger partial charge in [0.1, 0.15) is 6.61 Å². The van der Waals surface area contributed by atoms with Crippen LogP contribution in [0.15, 0.2) is 60.7 Å². The fraction of sp³-hybridized carbons (Fsp3) is 0.125. The van der Waals surface area contributed by atoms with Gasteiger partial charge < -0.3 is 15.2 Å². The van der Waals surface area contributed by atoms with Gasteiger partial charge in [0.15, 0.2) is 17.4 Å². The maximum atomic E-state index is 13.3. The van der Waals surface area contributed by atoms with E-state index in [4.69, 9.17) is 9.84 Å². The van der Waals surface area contributed by atoms with E-state index in [0.29, 0.717) is 0 Å². The molecule has 0 aromatic heterocycles. The number of carbonyl (C=O) groups excluding carboxylic acids is 1. The minimum absolute atomic E-state index is 0.0443. The van der Waals surface area contributed by atoms with Crippen LogP contribution in [0.25, 0.3) is 11.1 Å². The number of nitrogens with one attached hydrogen (secondary N) is 1. The Hall–Kier alpha value is -3.85. The molecule has 1 amide bonds. The van der Waals surface area contributed by atoms with E-state index in [0.717, 1.165) is 34.4 Å². The van der Waals surface area contributed by atoms with Crippen molar-refractivity contribution in [2.45, 2.75) is 5.92 Å². The van der Waals surface area contributed by atoms with Crippen LogP contribution in [0.3, 0.4) is 0 Å². The van der Waals surface area contributed by atoms with E-state index in [1.807, 2.05) is 36.4 Å². The Morgan fingerprint density at radius 1 is 1.00 bits per heavy atom. The lowest BCUT2D eigenvalue weighted by Crippen LogP contribution is -2.26. The minimum atomic E-state index is -1.09. The van der Waals surface area contributed by atoms with Gasteiger partial charge >= 0.3 is 6.09 Å². The molecule has 3 aromatic carbocycles. The van der Waals surface area contributed by atoms with E-state index in [1.54, 1.807) is 0 Å². The lowest BCUT2D eigenvalue weighted by atomic mass is 9.98. The zero-order valence-corrected chi connectivity index (χ0v) is 15.8. The Kier molecular flexibility index (Phi) is 5.36. The van der Waals surface area contributed by atoms with Gasteiger partial charge in [0.05, 0.1) is 6.54 Å². The number of ether oxygens (including phenoxy) is 1. The topological polar surface area (TPSA) is 58.6 Å². The molecule has 0 unspecified atom stereocenters. The molecule has 1 aliphatic rings. The summed E-state index contributed by atoms with van der Waals surface area (Å²) in [5, 5.41) is 11.6. The summed E-state index contributed by atoms with van der Waals surface area (Å²) in [5.74, 6) is 1.83. The molecule has 6 heteroatoms. The average molecular weight is 405 g/mol. The van der Waals surface area contributed by atoms with Crippen molar-refractivity contribution in [3.05, 3.63) is 89.0 Å². The van der Waals surface area contributed by atoms with E-state index in [1.165, 1.54) is 0 Å². The fourth-order valence-corrected chi connectivity index (χ4v) is 3.55. The molecule has 0 heterocycles. The highest BCUT2D eigenvalue weighted by molar-refractivity contribution is 5.79. The second-order valence-corrected chi connectivity index (χ2v) is 6.77. The van der Waals surface area contributed by atoms with Crippen molar-refractivity contribution >= 4 is 6.09 Å². The quantitative estimate of drug-likeness (QED) is 0.628. The van der Waals surface area contributed by atoms with Crippen molar-refractivity contribution < 1.29 is 23.4 Å². The van der Waals surface area contributed by atoms with Crippen molar-refractivity contribution in [3.8, 4) is 28.7 Å². The summed E-state index contributed by atoms with van der Waals surface area (Å²) in [6.07, 6.45) is -0.630. The first kappa shape index (κ1) is 19.5. The number of hydrogen-bond acceptors (Lipinski definition) is 3. The van der Waals surface area contributed by atoms with Crippen LogP contribution < -0.4 is 5.32 Å². The summed E-state index contributed by atoms with van der Waals surface area (Å²) >= 11 is 0. The Bertz CT molecular complexity index is 1110. The number of phenols is 1. The fourth-order valence-electron chi connectivity index (χ4n) is 3.55. The Morgan fingerprint density at radius 2 is 1.57 bits per heavy atom. The van der Waals surface area contributed by atoms with Crippen molar-refractivity contribution in [2.75, 3.05) is 13.2 Å². The molecule has 0 aliphatic heterocycles. The van der Waals surface area contributed by atoms with Gasteiger partial charge in [-0.1, -0.05) is 60.4 Å². The van der Waals surface area contributed by atoms with E-state index in [2.05, 4.69) is 29.3 Å². The number of fused-ring (bicyclic) bond motifs is 3. The third kappa shape index (κ3) is 3.83. The van der Waals surface area contributed by atoms with Crippen molar-refractivity contribution in [3.63, 3.8) is 0 Å². The standard InChI is InChI=1S/C24H17F2NO3/c25-21-12-15(13-22(26)23(21)28)6-5-11-27-24(29)30-14-20-18-9-3-1-7-16(18)17-8-2-4-10-19(17)20/h1-4,7-10,12-13,20,28H,11,14H2,(H,27,29). The molecule has 0 fully saturated rings. The summed E-state index contributed by atoms with van der Waals surface area (Å²) in [6, 6.07) is 17.9. The van der Waals surface area contributed by atoms with Crippen molar-refractivity contribution in [2.24, 2.45) is 0 Å². The normalized spacial score (nSPS) is 11.8. The maximum absolute atomic E-state index is 13.3. The average Bonchev–Trinajstić information content (AvgIpc) is 3.07. The van der Waals surface area contributed by atoms with Gasteiger partial charge in [0.2, 0.25) is 0 Å². The summed E-state index contributed by atoms with van der Waals surface area (Å²) in [4.78, 5) is 12.0. The molecule has 150 valence electrons. The number of carbonyl (C=O) groups is 1. The molecule has 4 rings (SSSR count). The number of alkyl carbamates (subject to hydrolysis) is 1. The van der Waals surface area contributed by atoms with Crippen molar-refractivity contribution in [1.82, 2.24) is 5.32 Å². The summed E-state index contributed by atoms with van der Waals surface area (Å²) in [7, 11) is 0. The molecular weight excluding hydrogens is 388 g/mol. The maximum Gasteiger partial charge on any atom is 0.407 e. The number of benzene rings is 3. The SMILES string of the molecule is O=C(NCC#Cc1cc(F)c(O)c(F)c1)OCC1c2ccccc2-c2ccccc21. The molecule has 0 saturated heterocycles. The van der Waals surface area contributed by atoms with Gasteiger partial charge in [-0.3, -0.25) is 0 Å². The van der Waals surface area contributed by atoms with Crippen LogP contribution in [0, 0.1) is 23.5 Å². The monoisotopic (exact) mass is 405 g/mol. The van der Waals surface area contributed by atoms with Gasteiger partial charge in [-0.25, -0.2) is 13.6 Å². The molecule has 0 bridgehead atoms. The van der Waals surface area contributed by atoms with E-state index in [-0.39, 0.29) is 24.6 Å². The predicted molar refractivity (Wildman–Crippen MR) is 108 cm³/mol. The molecule has 0 radical (unpaired) electrons. The molecule has 0 spiro atoms. The van der Waals surface area contributed by atoms with Crippen molar-refractivity contribution in [1.29, 1.82) is 0 Å². The number of amides is 1. The summed E-state index contributed by atoms with van der Waals surface area (Å²) < 4.78 is 32.0. The number of hydrogen-bond donors (Lipinski definition) is 2. The highest BCUT2D eigenvalue weighted by Crippen LogP contribution is 2.44. The van der Waals surface area contributed by atoms with Crippen LogP contribution in [0.4, 0.5) is 13.6 Å². The largest absolute Gasteiger partial charge is 0.503 e. The predicted octanol–water partition coefficient (Wildman–Crippen LogP) is 4.56. The van der Waals surface area contributed by atoms with Crippen LogP contribution in [-0.2, 0) is 4.74 Å². The number of phenolic OH excluding ortho intramolecular Hbond substituents is 1. The van der Waals surface area contributed by atoms with Gasteiger partial charge in [-0.05, 0) is 34.4 Å². The Balaban J connectivity index is 1.35. The molecule has 1 aliphatic carbocycles. The van der Waals surface area contributed by atoms with E-state index >= 15 is 0 Å². The lowest BCUT2D eigenvalue weighted by molar-refractivity contribution is 0.144. The third-order valence-electron chi connectivity index (χ3n) is 4.91. The molecular formula is C24H17F2NO3. The summed E-state index contributed by atoms with van der Waals surface area (Å²) in [5.41, 5.74) is 4.56. The highest BCUT2D eigenvalue weighted by atomic mass is 19.1. The molecule has 3 aromatic rings. The van der Waals surface area contributed by atoms with E-state index < -0.39 is 23.5 Å². The first-order chi connectivity index (χ1) is 14.5. The number of rotatable bonds is 3. The van der Waals surface area contributed by atoms with E-state index in [9.17, 15) is 13.6 Å². The third-order valence-corrected chi connectivity index (χ3v) is 4.91. The van der Waals surface area contributed by atoms with Gasteiger partial charge in [0, 0.05) is 11.5 Å². The second-order valence-electron chi connectivity index (χ2n) is 6.77. The summed E-state index contributed by atoms with van der Waals surface area (Å²) in [6.45, 7) is 0.127. The van der Waals surface area contributed by atoms with Crippen LogP contribution >= 0.6 is 0 Å². The smallest absolute Gasteiger partial charge is 0.407 e. The molecule has 0 saturated carbocycles. The van der Waals surface area contributed by atoms with Gasteiger partial charge in [-0.2, -0.15) is 0 Å².